The summed E-state index contributed by atoms with van der Waals surface area (Å²) in [4.78, 5) is 12.0. The van der Waals surface area contributed by atoms with E-state index in [-0.39, 0.29) is 0 Å². The molecule has 0 aliphatic carbocycles. The molecule has 0 spiro atoms. The lowest BCUT2D eigenvalue weighted by molar-refractivity contribution is -0.152. The van der Waals surface area contributed by atoms with Crippen LogP contribution in [0.2, 0.25) is 5.02 Å². The predicted molar refractivity (Wildman–Crippen MR) is 121 cm³/mol. The lowest BCUT2D eigenvalue weighted by Crippen LogP contribution is -2.30. The van der Waals surface area contributed by atoms with Crippen molar-refractivity contribution in [1.82, 2.24) is 0 Å². The highest BCUT2D eigenvalue weighted by atomic mass is 35.5. The van der Waals surface area contributed by atoms with E-state index in [0.717, 1.165) is 16.7 Å². The van der Waals surface area contributed by atoms with Crippen LogP contribution in [0.3, 0.4) is 0 Å². The van der Waals surface area contributed by atoms with Crippen LogP contribution in [0.4, 0.5) is 0 Å². The second-order valence-corrected chi connectivity index (χ2v) is 7.15. The van der Waals surface area contributed by atoms with Crippen LogP contribution in [0.5, 0.6) is 0 Å². The minimum Gasteiger partial charge on any atom is -0.442 e. The van der Waals surface area contributed by atoms with E-state index >= 15 is 0 Å². The van der Waals surface area contributed by atoms with E-state index in [4.69, 9.17) is 16.3 Å². The highest BCUT2D eigenvalue weighted by Gasteiger charge is 2.33. The third kappa shape index (κ3) is 6.02. The molecule has 0 N–H and O–H groups in total. The lowest BCUT2D eigenvalue weighted by Gasteiger charge is -2.28. The Labute approximate surface area is 182 Å². The SMILES string of the molecule is CC(=O)OC(C#Cc1ccccc1)(CCC#Cc1ccccc1)c1ccc(Cl)cc1. The van der Waals surface area contributed by atoms with Crippen molar-refractivity contribution in [2.24, 2.45) is 0 Å². The van der Waals surface area contributed by atoms with Gasteiger partial charge in [-0.15, -0.1) is 0 Å². The molecule has 0 heterocycles. The molecule has 0 aliphatic heterocycles. The fraction of sp³-hybridized carbons (Fsp3) is 0.148. The van der Waals surface area contributed by atoms with E-state index in [1.54, 1.807) is 12.1 Å². The maximum absolute atomic E-state index is 12.0. The zero-order valence-corrected chi connectivity index (χ0v) is 17.4. The first-order chi connectivity index (χ1) is 14.6. The van der Waals surface area contributed by atoms with Crippen molar-refractivity contribution in [3.05, 3.63) is 107 Å². The zero-order chi connectivity index (χ0) is 21.2. The van der Waals surface area contributed by atoms with E-state index in [2.05, 4.69) is 23.7 Å². The minimum atomic E-state index is -1.11. The summed E-state index contributed by atoms with van der Waals surface area (Å²) >= 11 is 6.07. The number of hydrogen-bond donors (Lipinski definition) is 0. The quantitative estimate of drug-likeness (QED) is 0.389. The number of hydrogen-bond acceptors (Lipinski definition) is 2. The molecule has 30 heavy (non-hydrogen) atoms. The number of carbonyl (C=O) groups is 1. The summed E-state index contributed by atoms with van der Waals surface area (Å²) in [5.41, 5.74) is 1.44. The van der Waals surface area contributed by atoms with Gasteiger partial charge in [0, 0.05) is 41.5 Å². The van der Waals surface area contributed by atoms with Gasteiger partial charge in [0.1, 0.15) is 0 Å². The van der Waals surface area contributed by atoms with Crippen molar-refractivity contribution >= 4 is 17.6 Å². The van der Waals surface area contributed by atoms with Crippen LogP contribution < -0.4 is 0 Å². The molecule has 0 fully saturated rings. The summed E-state index contributed by atoms with van der Waals surface area (Å²) in [6.07, 6.45) is 0.947. The van der Waals surface area contributed by atoms with Gasteiger partial charge in [0.25, 0.3) is 0 Å². The van der Waals surface area contributed by atoms with Gasteiger partial charge in [0.05, 0.1) is 0 Å². The Hall–Kier alpha value is -3.46. The largest absolute Gasteiger partial charge is 0.442 e. The van der Waals surface area contributed by atoms with Gasteiger partial charge in [-0.05, 0) is 42.3 Å². The molecule has 148 valence electrons. The molecule has 0 aromatic heterocycles. The molecule has 0 aliphatic rings. The highest BCUT2D eigenvalue weighted by molar-refractivity contribution is 6.30. The molecule has 0 amide bonds. The minimum absolute atomic E-state index is 0.400. The van der Waals surface area contributed by atoms with E-state index < -0.39 is 11.6 Å². The van der Waals surface area contributed by atoms with E-state index in [1.807, 2.05) is 72.8 Å². The average molecular weight is 413 g/mol. The molecular weight excluding hydrogens is 392 g/mol. The van der Waals surface area contributed by atoms with Crippen molar-refractivity contribution in [2.45, 2.75) is 25.4 Å². The number of esters is 1. The molecule has 3 heteroatoms. The molecule has 0 radical (unpaired) electrons. The third-order valence-electron chi connectivity index (χ3n) is 4.42. The number of carbonyl (C=O) groups excluding carboxylic acids is 1. The molecule has 1 unspecified atom stereocenters. The molecule has 0 bridgehead atoms. The first-order valence-electron chi connectivity index (χ1n) is 9.65. The predicted octanol–water partition coefficient (Wildman–Crippen LogP) is 5.98. The first-order valence-corrected chi connectivity index (χ1v) is 10.0. The van der Waals surface area contributed by atoms with Crippen molar-refractivity contribution in [3.63, 3.8) is 0 Å². The summed E-state index contributed by atoms with van der Waals surface area (Å²) in [5.74, 6) is 12.3. The normalized spacial score (nSPS) is 11.8. The van der Waals surface area contributed by atoms with Crippen molar-refractivity contribution in [1.29, 1.82) is 0 Å². The fourth-order valence-corrected chi connectivity index (χ4v) is 3.12. The molecule has 3 rings (SSSR count). The summed E-state index contributed by atoms with van der Waals surface area (Å²) in [6, 6.07) is 26.6. The van der Waals surface area contributed by atoms with Crippen LogP contribution in [-0.2, 0) is 15.1 Å². The smallest absolute Gasteiger partial charge is 0.304 e. The second kappa shape index (κ2) is 10.4. The molecule has 3 aromatic rings. The van der Waals surface area contributed by atoms with Gasteiger partial charge < -0.3 is 4.74 Å². The van der Waals surface area contributed by atoms with Gasteiger partial charge in [0.2, 0.25) is 0 Å². The summed E-state index contributed by atoms with van der Waals surface area (Å²) in [7, 11) is 0. The van der Waals surface area contributed by atoms with Gasteiger partial charge in [-0.2, -0.15) is 0 Å². The van der Waals surface area contributed by atoms with Crippen LogP contribution in [0.25, 0.3) is 0 Å². The number of rotatable bonds is 4. The Kier molecular flexibility index (Phi) is 7.34. The monoisotopic (exact) mass is 412 g/mol. The molecular formula is C27H21ClO2. The van der Waals surface area contributed by atoms with Crippen LogP contribution >= 0.6 is 11.6 Å². The Bertz CT molecular complexity index is 1100. The Morgan fingerprint density at radius 3 is 2.00 bits per heavy atom. The number of benzene rings is 3. The van der Waals surface area contributed by atoms with Gasteiger partial charge in [0.15, 0.2) is 5.60 Å². The van der Waals surface area contributed by atoms with Gasteiger partial charge in [-0.25, -0.2) is 0 Å². The van der Waals surface area contributed by atoms with Gasteiger partial charge in [-0.1, -0.05) is 77.9 Å². The second-order valence-electron chi connectivity index (χ2n) is 6.71. The Balaban J connectivity index is 1.96. The Morgan fingerprint density at radius 1 is 0.867 bits per heavy atom. The van der Waals surface area contributed by atoms with E-state index in [1.165, 1.54) is 6.92 Å². The van der Waals surface area contributed by atoms with Crippen LogP contribution in [-0.4, -0.2) is 5.97 Å². The molecule has 0 saturated heterocycles. The lowest BCUT2D eigenvalue weighted by atomic mass is 9.88. The summed E-state index contributed by atoms with van der Waals surface area (Å²) < 4.78 is 5.81. The molecule has 3 aromatic carbocycles. The molecule has 0 saturated carbocycles. The maximum Gasteiger partial charge on any atom is 0.304 e. The van der Waals surface area contributed by atoms with E-state index in [0.29, 0.717) is 17.9 Å². The third-order valence-corrected chi connectivity index (χ3v) is 4.67. The average Bonchev–Trinajstić information content (AvgIpc) is 2.76. The Morgan fingerprint density at radius 2 is 1.43 bits per heavy atom. The van der Waals surface area contributed by atoms with Gasteiger partial charge >= 0.3 is 5.97 Å². The van der Waals surface area contributed by atoms with Crippen LogP contribution in [0.15, 0.2) is 84.9 Å². The standard InChI is InChI=1S/C27H21ClO2/c1-22(29)30-27(25-15-17-26(28)18-16-25,21-19-24-12-6-3-7-13-24)20-9-8-14-23-10-4-2-5-11-23/h2-7,10-13,15-18H,9,20H2,1H3. The van der Waals surface area contributed by atoms with E-state index in [9.17, 15) is 4.79 Å². The highest BCUT2D eigenvalue weighted by Crippen LogP contribution is 2.32. The number of ether oxygens (including phenoxy) is 1. The fourth-order valence-electron chi connectivity index (χ4n) is 3.00. The summed E-state index contributed by atoms with van der Waals surface area (Å²) in [5, 5.41) is 0.607. The van der Waals surface area contributed by atoms with Crippen LogP contribution in [0, 0.1) is 23.7 Å². The van der Waals surface area contributed by atoms with Gasteiger partial charge in [-0.3, -0.25) is 4.79 Å². The molecule has 2 nitrogen and oxygen atoms in total. The van der Waals surface area contributed by atoms with Crippen molar-refractivity contribution in [3.8, 4) is 23.7 Å². The zero-order valence-electron chi connectivity index (χ0n) is 16.7. The first kappa shape index (κ1) is 21.3. The topological polar surface area (TPSA) is 26.3 Å². The number of halogens is 1. The molecule has 1 atom stereocenters. The van der Waals surface area contributed by atoms with Crippen molar-refractivity contribution < 1.29 is 9.53 Å². The maximum atomic E-state index is 12.0. The summed E-state index contributed by atoms with van der Waals surface area (Å²) in [6.45, 7) is 1.39. The van der Waals surface area contributed by atoms with Crippen LogP contribution in [0.1, 0.15) is 36.5 Å². The van der Waals surface area contributed by atoms with Crippen molar-refractivity contribution in [2.75, 3.05) is 0 Å².